The van der Waals surface area contributed by atoms with E-state index >= 15 is 0 Å². The average Bonchev–Trinajstić information content (AvgIpc) is 3.26. The predicted molar refractivity (Wildman–Crippen MR) is 77.4 cm³/mol. The lowest BCUT2D eigenvalue weighted by molar-refractivity contribution is -0.120. The first-order valence-electron chi connectivity index (χ1n) is 7.43. The van der Waals surface area contributed by atoms with E-state index in [4.69, 9.17) is 0 Å². The quantitative estimate of drug-likeness (QED) is 0.833. The van der Waals surface area contributed by atoms with Crippen molar-refractivity contribution in [2.24, 2.45) is 0 Å². The van der Waals surface area contributed by atoms with E-state index in [0.29, 0.717) is 5.82 Å². The van der Waals surface area contributed by atoms with Gasteiger partial charge in [-0.15, -0.1) is 0 Å². The van der Waals surface area contributed by atoms with Gasteiger partial charge in [0.1, 0.15) is 12.4 Å². The van der Waals surface area contributed by atoms with E-state index in [0.717, 1.165) is 31.4 Å². The Hall–Kier alpha value is -1.30. The number of aromatic nitrogens is 1. The summed E-state index contributed by atoms with van der Waals surface area (Å²) < 4.78 is 37.9. The minimum absolute atomic E-state index is 0.0133. The van der Waals surface area contributed by atoms with Crippen molar-refractivity contribution in [1.82, 2.24) is 10.3 Å². The maximum absolute atomic E-state index is 12.6. The molecule has 1 fully saturated rings. The first-order valence-corrected chi connectivity index (χ1v) is 7.43. The van der Waals surface area contributed by atoms with Crippen molar-refractivity contribution in [1.29, 1.82) is 0 Å². The number of hydrogen-bond donors (Lipinski definition) is 1. The zero-order valence-corrected chi connectivity index (χ0v) is 12.5. The topological polar surface area (TPSA) is 28.2 Å². The maximum Gasteiger partial charge on any atom is 0.405 e. The molecule has 0 spiro atoms. The third kappa shape index (κ3) is 4.88. The normalized spacial score (nSPS) is 16.8. The summed E-state index contributed by atoms with van der Waals surface area (Å²) in [6.07, 6.45) is 0.145. The van der Waals surface area contributed by atoms with Crippen molar-refractivity contribution >= 4 is 5.82 Å². The molecule has 118 valence electrons. The van der Waals surface area contributed by atoms with E-state index in [1.807, 2.05) is 13.0 Å². The Bertz CT molecular complexity index is 440. The van der Waals surface area contributed by atoms with Gasteiger partial charge in [0, 0.05) is 18.3 Å². The van der Waals surface area contributed by atoms with Gasteiger partial charge in [0.2, 0.25) is 0 Å². The number of rotatable bonds is 7. The van der Waals surface area contributed by atoms with Crippen LogP contribution in [0.25, 0.3) is 0 Å². The van der Waals surface area contributed by atoms with Gasteiger partial charge in [-0.05, 0) is 44.4 Å². The first kappa shape index (κ1) is 16.1. The zero-order valence-electron chi connectivity index (χ0n) is 12.5. The highest BCUT2D eigenvalue weighted by Crippen LogP contribution is 2.33. The van der Waals surface area contributed by atoms with Crippen LogP contribution in [-0.2, 0) is 0 Å². The molecular formula is C15H22F3N3. The number of nitrogens with zero attached hydrogens (tertiary/aromatic N) is 2. The zero-order chi connectivity index (χ0) is 15.5. The van der Waals surface area contributed by atoms with Crippen molar-refractivity contribution in [2.45, 2.75) is 51.4 Å². The molecule has 2 rings (SSSR count). The minimum atomic E-state index is -4.20. The molecule has 1 heterocycles. The number of halogens is 3. The summed E-state index contributed by atoms with van der Waals surface area (Å²) in [5.41, 5.74) is 0.995. The van der Waals surface area contributed by atoms with E-state index in [9.17, 15) is 13.2 Å². The minimum Gasteiger partial charge on any atom is -0.345 e. The number of nitrogens with one attached hydrogen (secondary N) is 1. The van der Waals surface area contributed by atoms with E-state index in [1.54, 1.807) is 12.3 Å². The third-order valence-electron chi connectivity index (χ3n) is 3.60. The van der Waals surface area contributed by atoms with Crippen LogP contribution in [0.3, 0.4) is 0 Å². The smallest absolute Gasteiger partial charge is 0.345 e. The summed E-state index contributed by atoms with van der Waals surface area (Å²) in [7, 11) is 0. The molecule has 1 aromatic rings. The van der Waals surface area contributed by atoms with Gasteiger partial charge in [-0.2, -0.15) is 13.2 Å². The number of anilines is 1. The van der Waals surface area contributed by atoms with Gasteiger partial charge in [-0.3, -0.25) is 0 Å². The van der Waals surface area contributed by atoms with E-state index in [2.05, 4.69) is 17.2 Å². The molecular weight excluding hydrogens is 279 g/mol. The standard InChI is InChI=1S/C15H22F3N3/c1-3-8-19-11(2)12-4-7-14(20-9-12)21(13-5-6-13)10-15(16,17)18/h4,7,9,11,13,19H,3,5-6,8,10H2,1-2H3. The summed E-state index contributed by atoms with van der Waals surface area (Å²) in [5.74, 6) is 0.418. The molecule has 0 amide bonds. The van der Waals surface area contributed by atoms with Gasteiger partial charge in [-0.1, -0.05) is 13.0 Å². The van der Waals surface area contributed by atoms with Gasteiger partial charge >= 0.3 is 6.18 Å². The SMILES string of the molecule is CCCNC(C)c1ccc(N(CC(F)(F)F)C2CC2)nc1. The summed E-state index contributed by atoms with van der Waals surface area (Å²) >= 11 is 0. The molecule has 1 N–H and O–H groups in total. The Morgan fingerprint density at radius 3 is 2.57 bits per heavy atom. The lowest BCUT2D eigenvalue weighted by atomic mass is 10.1. The molecule has 0 radical (unpaired) electrons. The van der Waals surface area contributed by atoms with Gasteiger partial charge in [0.15, 0.2) is 0 Å². The van der Waals surface area contributed by atoms with Crippen LogP contribution >= 0.6 is 0 Å². The molecule has 1 saturated carbocycles. The molecule has 1 aliphatic rings. The molecule has 1 aromatic heterocycles. The van der Waals surface area contributed by atoms with Crippen molar-refractivity contribution in [3.8, 4) is 0 Å². The van der Waals surface area contributed by atoms with Crippen LogP contribution in [0.2, 0.25) is 0 Å². The monoisotopic (exact) mass is 301 g/mol. The van der Waals surface area contributed by atoms with Gasteiger partial charge in [0.25, 0.3) is 0 Å². The van der Waals surface area contributed by atoms with Crippen LogP contribution in [0, 0.1) is 0 Å². The van der Waals surface area contributed by atoms with Crippen molar-refractivity contribution in [2.75, 3.05) is 18.0 Å². The predicted octanol–water partition coefficient (Wildman–Crippen LogP) is 3.67. The van der Waals surface area contributed by atoms with Gasteiger partial charge in [-0.25, -0.2) is 4.98 Å². The maximum atomic E-state index is 12.6. The summed E-state index contributed by atoms with van der Waals surface area (Å²) in [6, 6.07) is 3.70. The fourth-order valence-electron chi connectivity index (χ4n) is 2.28. The highest BCUT2D eigenvalue weighted by molar-refractivity contribution is 5.43. The summed E-state index contributed by atoms with van der Waals surface area (Å²) in [5, 5.41) is 3.34. The van der Waals surface area contributed by atoms with Crippen LogP contribution in [0.4, 0.5) is 19.0 Å². The number of hydrogen-bond acceptors (Lipinski definition) is 3. The third-order valence-corrected chi connectivity index (χ3v) is 3.60. The molecule has 3 nitrogen and oxygen atoms in total. The van der Waals surface area contributed by atoms with E-state index in [1.165, 1.54) is 4.90 Å². The van der Waals surface area contributed by atoms with Crippen LogP contribution in [-0.4, -0.2) is 30.3 Å². The molecule has 0 bridgehead atoms. The van der Waals surface area contributed by atoms with Crippen LogP contribution in [0.15, 0.2) is 18.3 Å². The Morgan fingerprint density at radius 1 is 1.38 bits per heavy atom. The average molecular weight is 301 g/mol. The summed E-state index contributed by atoms with van der Waals surface area (Å²) in [6.45, 7) is 4.10. The van der Waals surface area contributed by atoms with Crippen LogP contribution in [0.1, 0.15) is 44.7 Å². The van der Waals surface area contributed by atoms with Crippen molar-refractivity contribution < 1.29 is 13.2 Å². The Balaban J connectivity index is 2.05. The molecule has 0 aliphatic heterocycles. The van der Waals surface area contributed by atoms with Crippen molar-refractivity contribution in [3.05, 3.63) is 23.9 Å². The molecule has 0 aromatic carbocycles. The second-order valence-corrected chi connectivity index (χ2v) is 5.60. The fourth-order valence-corrected chi connectivity index (χ4v) is 2.28. The highest BCUT2D eigenvalue weighted by atomic mass is 19.4. The Kier molecular flexibility index (Phi) is 5.08. The second kappa shape index (κ2) is 6.64. The van der Waals surface area contributed by atoms with Gasteiger partial charge < -0.3 is 10.2 Å². The first-order chi connectivity index (χ1) is 9.90. The fraction of sp³-hybridized carbons (Fsp3) is 0.667. The van der Waals surface area contributed by atoms with Crippen LogP contribution in [0.5, 0.6) is 0 Å². The largest absolute Gasteiger partial charge is 0.405 e. The van der Waals surface area contributed by atoms with E-state index in [-0.39, 0.29) is 12.1 Å². The molecule has 1 atom stereocenters. The molecule has 1 aliphatic carbocycles. The Morgan fingerprint density at radius 2 is 2.10 bits per heavy atom. The second-order valence-electron chi connectivity index (χ2n) is 5.60. The molecule has 6 heteroatoms. The molecule has 0 saturated heterocycles. The number of alkyl halides is 3. The summed E-state index contributed by atoms with van der Waals surface area (Å²) in [4.78, 5) is 5.61. The molecule has 1 unspecified atom stereocenters. The lowest BCUT2D eigenvalue weighted by Gasteiger charge is -2.25. The molecule has 21 heavy (non-hydrogen) atoms. The lowest BCUT2D eigenvalue weighted by Crippen LogP contribution is -2.36. The van der Waals surface area contributed by atoms with Crippen LogP contribution < -0.4 is 10.2 Å². The highest BCUT2D eigenvalue weighted by Gasteiger charge is 2.38. The van der Waals surface area contributed by atoms with Crippen molar-refractivity contribution in [3.63, 3.8) is 0 Å². The number of pyridine rings is 1. The van der Waals surface area contributed by atoms with Gasteiger partial charge in [0.05, 0.1) is 0 Å². The Labute approximate surface area is 123 Å². The van der Waals surface area contributed by atoms with E-state index < -0.39 is 12.7 Å².